The van der Waals surface area contributed by atoms with Gasteiger partial charge >= 0.3 is 7.05 Å². The minimum absolute atomic E-state index is 0.194. The van der Waals surface area contributed by atoms with Crippen LogP contribution < -0.4 is 19.7 Å². The molecule has 5 nitrogen and oxygen atoms in total. The third-order valence-corrected chi connectivity index (χ3v) is 6.72. The van der Waals surface area contributed by atoms with Crippen LogP contribution in [0.3, 0.4) is 0 Å². The first-order valence-corrected chi connectivity index (χ1v) is 12.0. The number of anilines is 1. The summed E-state index contributed by atoms with van der Waals surface area (Å²) >= 11 is 0. The lowest BCUT2D eigenvalue weighted by Gasteiger charge is -2.17. The van der Waals surface area contributed by atoms with E-state index in [0.29, 0.717) is 0 Å². The van der Waals surface area contributed by atoms with E-state index in [1.54, 1.807) is 0 Å². The van der Waals surface area contributed by atoms with Gasteiger partial charge in [-0.3, -0.25) is 4.57 Å². The van der Waals surface area contributed by atoms with Crippen LogP contribution in [0, 0.1) is 0 Å². The molecule has 1 aliphatic rings. The molecule has 0 fully saturated rings. The Bertz CT molecular complexity index is 1690. The van der Waals surface area contributed by atoms with Crippen molar-refractivity contribution in [1.82, 2.24) is 9.55 Å². The van der Waals surface area contributed by atoms with Crippen molar-refractivity contribution >= 4 is 40.1 Å². The lowest BCUT2D eigenvalue weighted by atomic mass is 9.72. The van der Waals surface area contributed by atoms with Gasteiger partial charge in [0.2, 0.25) is 0 Å². The number of hydrogen-bond acceptors (Lipinski definition) is 4. The summed E-state index contributed by atoms with van der Waals surface area (Å²) in [4.78, 5) is 6.84. The van der Waals surface area contributed by atoms with E-state index in [0.717, 1.165) is 50.6 Å². The smallest absolute Gasteiger partial charge is 0.519 e. The van der Waals surface area contributed by atoms with Crippen molar-refractivity contribution in [2.24, 2.45) is 0 Å². The molecule has 172 valence electrons. The molecule has 6 aromatic rings. The highest BCUT2D eigenvalue weighted by Crippen LogP contribution is 2.35. The lowest BCUT2D eigenvalue weighted by Crippen LogP contribution is -2.47. The minimum Gasteiger partial charge on any atom is -0.536 e. The van der Waals surface area contributed by atoms with E-state index in [4.69, 9.17) is 14.4 Å². The topological polar surface area (TPSA) is 39.5 Å². The maximum atomic E-state index is 6.35. The van der Waals surface area contributed by atoms with Gasteiger partial charge in [-0.15, -0.1) is 0 Å². The highest BCUT2D eigenvalue weighted by molar-refractivity contribution is 6.73. The zero-order chi connectivity index (χ0) is 24.1. The summed E-state index contributed by atoms with van der Waals surface area (Å²) in [6, 6.07) is 36.8. The average Bonchev–Trinajstić information content (AvgIpc) is 3.44. The molecule has 3 heterocycles. The molecule has 0 radical (unpaired) electrons. The van der Waals surface area contributed by atoms with E-state index in [9.17, 15) is 0 Å². The van der Waals surface area contributed by atoms with Crippen LogP contribution in [0.5, 0.6) is 17.2 Å². The Morgan fingerprint density at radius 1 is 0.750 bits per heavy atom. The lowest BCUT2D eigenvalue weighted by molar-refractivity contribution is 0.482. The molecule has 0 N–H and O–H groups in total. The second-order valence-corrected chi connectivity index (χ2v) is 8.95. The fraction of sp³-hybridized carbons (Fsp3) is 0.0333. The molecule has 0 amide bonds. The van der Waals surface area contributed by atoms with E-state index in [2.05, 4.69) is 64.0 Å². The molecule has 0 unspecified atom stereocenters. The third-order valence-electron chi connectivity index (χ3n) is 6.72. The Hall–Kier alpha value is -4.71. The first kappa shape index (κ1) is 20.6. The van der Waals surface area contributed by atoms with Crippen LogP contribution in [0.25, 0.3) is 27.6 Å². The third kappa shape index (κ3) is 3.30. The number of benzene rings is 4. The standard InChI is InChI=1S/C30H22BN3O2/c1-33-28-16-4-5-17-29(28)36-31(33)21-9-6-11-23(19-21)35-24-12-7-10-22(20-24)34-27-15-3-2-13-25(27)26-14-8-18-32-30(26)34/h2-20H,1H3. The van der Waals surface area contributed by atoms with Gasteiger partial charge in [0.05, 0.1) is 16.9 Å². The van der Waals surface area contributed by atoms with Crippen molar-refractivity contribution in [1.29, 1.82) is 0 Å². The summed E-state index contributed by atoms with van der Waals surface area (Å²) in [5, 5.41) is 2.31. The summed E-state index contributed by atoms with van der Waals surface area (Å²) in [5.74, 6) is 2.41. The summed E-state index contributed by atoms with van der Waals surface area (Å²) in [6.07, 6.45) is 1.84. The van der Waals surface area contributed by atoms with Gasteiger partial charge in [-0.1, -0.05) is 48.5 Å². The Morgan fingerprint density at radius 2 is 1.53 bits per heavy atom. The van der Waals surface area contributed by atoms with E-state index >= 15 is 0 Å². The zero-order valence-corrected chi connectivity index (χ0v) is 19.7. The highest BCUT2D eigenvalue weighted by atomic mass is 16.5. The van der Waals surface area contributed by atoms with Gasteiger partial charge in [0.15, 0.2) is 0 Å². The molecule has 6 heteroatoms. The number of aromatic nitrogens is 2. The first-order chi connectivity index (χ1) is 17.8. The van der Waals surface area contributed by atoms with Crippen molar-refractivity contribution in [3.8, 4) is 22.9 Å². The zero-order valence-electron chi connectivity index (χ0n) is 19.7. The van der Waals surface area contributed by atoms with Crippen molar-refractivity contribution in [3.63, 3.8) is 0 Å². The Balaban J connectivity index is 1.23. The summed E-state index contributed by atoms with van der Waals surface area (Å²) in [6.45, 7) is 0. The van der Waals surface area contributed by atoms with Crippen LogP contribution in [0.2, 0.25) is 0 Å². The van der Waals surface area contributed by atoms with Gasteiger partial charge in [-0.05, 0) is 67.1 Å². The number of nitrogens with zero attached hydrogens (tertiary/aromatic N) is 3. The molecule has 0 spiro atoms. The predicted molar refractivity (Wildman–Crippen MR) is 146 cm³/mol. The van der Waals surface area contributed by atoms with Gasteiger partial charge in [0.1, 0.15) is 22.9 Å². The highest BCUT2D eigenvalue weighted by Gasteiger charge is 2.35. The molecule has 0 saturated carbocycles. The fourth-order valence-corrected chi connectivity index (χ4v) is 5.08. The predicted octanol–water partition coefficient (Wildman–Crippen LogP) is 6.20. The average molecular weight is 467 g/mol. The van der Waals surface area contributed by atoms with E-state index in [1.165, 1.54) is 5.39 Å². The van der Waals surface area contributed by atoms with Crippen molar-refractivity contribution in [2.75, 3.05) is 11.9 Å². The quantitative estimate of drug-likeness (QED) is 0.290. The first-order valence-electron chi connectivity index (χ1n) is 12.0. The largest absolute Gasteiger partial charge is 0.536 e. The van der Waals surface area contributed by atoms with E-state index < -0.39 is 0 Å². The van der Waals surface area contributed by atoms with E-state index in [-0.39, 0.29) is 7.05 Å². The van der Waals surface area contributed by atoms with Crippen LogP contribution in [0.1, 0.15) is 0 Å². The van der Waals surface area contributed by atoms with E-state index in [1.807, 2.05) is 67.8 Å². The second-order valence-electron chi connectivity index (χ2n) is 8.95. The maximum absolute atomic E-state index is 6.35. The van der Waals surface area contributed by atoms with Crippen LogP contribution in [0.4, 0.5) is 5.69 Å². The molecule has 1 aliphatic heterocycles. The van der Waals surface area contributed by atoms with Crippen LogP contribution in [-0.2, 0) is 0 Å². The monoisotopic (exact) mass is 467 g/mol. The molecule has 4 aromatic carbocycles. The van der Waals surface area contributed by atoms with Crippen LogP contribution in [-0.4, -0.2) is 23.6 Å². The summed E-state index contributed by atoms with van der Waals surface area (Å²) in [5.41, 5.74) is 5.17. The van der Waals surface area contributed by atoms with Gasteiger partial charge in [0, 0.05) is 23.0 Å². The fourth-order valence-electron chi connectivity index (χ4n) is 5.08. The van der Waals surface area contributed by atoms with Crippen LogP contribution in [0.15, 0.2) is 115 Å². The van der Waals surface area contributed by atoms with Crippen molar-refractivity contribution < 1.29 is 9.39 Å². The summed E-state index contributed by atoms with van der Waals surface area (Å²) in [7, 11) is 1.86. The Labute approximate surface area is 209 Å². The molecular formula is C30H22BN3O2. The normalized spacial score (nSPS) is 12.7. The maximum Gasteiger partial charge on any atom is 0.519 e. The molecule has 0 aliphatic carbocycles. The molecule has 0 saturated heterocycles. The SMILES string of the molecule is CN1B(c2cccc(Oc3cccc(-n4c5ccccc5c5cccnc54)c3)c2)Oc2ccccc21. The number of hydrogen-bond donors (Lipinski definition) is 0. The van der Waals surface area contributed by atoms with Gasteiger partial charge in [-0.2, -0.15) is 0 Å². The van der Waals surface area contributed by atoms with Crippen molar-refractivity contribution in [2.45, 2.75) is 0 Å². The molecule has 7 rings (SSSR count). The molecular weight excluding hydrogens is 445 g/mol. The molecule has 0 atom stereocenters. The molecule has 2 aromatic heterocycles. The summed E-state index contributed by atoms with van der Waals surface area (Å²) < 4.78 is 14.8. The minimum atomic E-state index is -0.194. The number of ether oxygens (including phenoxy) is 1. The number of pyridine rings is 1. The van der Waals surface area contributed by atoms with Crippen LogP contribution >= 0.6 is 0 Å². The Morgan fingerprint density at radius 3 is 2.44 bits per heavy atom. The number of para-hydroxylation sites is 3. The number of fused-ring (bicyclic) bond motifs is 4. The van der Waals surface area contributed by atoms with Gasteiger partial charge < -0.3 is 14.2 Å². The van der Waals surface area contributed by atoms with Gasteiger partial charge in [0.25, 0.3) is 0 Å². The van der Waals surface area contributed by atoms with Gasteiger partial charge in [-0.25, -0.2) is 4.98 Å². The Kier molecular flexibility index (Phi) is 4.71. The second kappa shape index (κ2) is 8.20. The molecule has 0 bridgehead atoms. The molecule has 36 heavy (non-hydrogen) atoms. The van der Waals surface area contributed by atoms with Crippen molar-refractivity contribution in [3.05, 3.63) is 115 Å². The number of rotatable bonds is 4.